The molecule has 0 aliphatic carbocycles. The van der Waals surface area contributed by atoms with E-state index in [0.29, 0.717) is 0 Å². The van der Waals surface area contributed by atoms with E-state index in [1.165, 1.54) is 43.8 Å². The minimum absolute atomic E-state index is 0.855. The van der Waals surface area contributed by atoms with E-state index in [4.69, 9.17) is 8.83 Å². The molecule has 11 aromatic rings. The van der Waals surface area contributed by atoms with Crippen molar-refractivity contribution in [3.63, 3.8) is 0 Å². The monoisotopic (exact) mass is 636 g/mol. The number of para-hydroxylation sites is 1. The largest absolute Gasteiger partial charge is 0.455 e. The van der Waals surface area contributed by atoms with E-state index in [1.807, 2.05) is 12.1 Å². The van der Waals surface area contributed by atoms with E-state index in [2.05, 4.69) is 158 Å². The van der Waals surface area contributed by atoms with Crippen molar-refractivity contribution in [3.8, 4) is 33.4 Å². The Morgan fingerprint density at radius 2 is 0.720 bits per heavy atom. The second kappa shape index (κ2) is 10.4. The summed E-state index contributed by atoms with van der Waals surface area (Å²) in [4.78, 5) is 0. The summed E-state index contributed by atoms with van der Waals surface area (Å²) in [5.41, 5.74) is 10.7. The fourth-order valence-electron chi connectivity index (χ4n) is 8.26. The van der Waals surface area contributed by atoms with Crippen LogP contribution in [-0.2, 0) is 0 Å². The van der Waals surface area contributed by atoms with Gasteiger partial charge < -0.3 is 8.83 Å². The minimum atomic E-state index is 0.855. The van der Waals surface area contributed by atoms with E-state index < -0.39 is 0 Å². The molecule has 0 N–H and O–H groups in total. The molecule has 0 aliphatic rings. The molecule has 0 aliphatic heterocycles. The Morgan fingerprint density at radius 1 is 0.260 bits per heavy atom. The lowest BCUT2D eigenvalue weighted by molar-refractivity contribution is 0.665. The summed E-state index contributed by atoms with van der Waals surface area (Å²) in [5.74, 6) is 0. The molecular formula is C48H28O2. The maximum absolute atomic E-state index is 6.71. The van der Waals surface area contributed by atoms with E-state index in [1.54, 1.807) is 0 Å². The van der Waals surface area contributed by atoms with Crippen LogP contribution in [0, 0.1) is 0 Å². The molecule has 0 spiro atoms. The summed E-state index contributed by atoms with van der Waals surface area (Å²) in [6, 6.07) is 60.7. The van der Waals surface area contributed by atoms with Crippen LogP contribution in [0.15, 0.2) is 179 Å². The molecule has 2 aromatic heterocycles. The maximum atomic E-state index is 6.71. The van der Waals surface area contributed by atoms with Crippen molar-refractivity contribution in [3.05, 3.63) is 170 Å². The van der Waals surface area contributed by atoms with Gasteiger partial charge in [0.1, 0.15) is 22.3 Å². The molecule has 9 aromatic carbocycles. The quantitative estimate of drug-likeness (QED) is 0.180. The van der Waals surface area contributed by atoms with Gasteiger partial charge >= 0.3 is 0 Å². The highest BCUT2D eigenvalue weighted by molar-refractivity contribution is 6.33. The van der Waals surface area contributed by atoms with Gasteiger partial charge in [0.05, 0.1) is 5.39 Å². The van der Waals surface area contributed by atoms with Crippen LogP contribution in [0.5, 0.6) is 0 Å². The predicted molar refractivity (Wildman–Crippen MR) is 210 cm³/mol. The van der Waals surface area contributed by atoms with Gasteiger partial charge in [-0.25, -0.2) is 0 Å². The SMILES string of the molecule is c1ccc(-c2c3ccccc3c(-c3ccc(-c4ccc5c(c4)oc4c6ccccc6c6c7ccccc7oc6c54)cc3)c3ccccc23)cc1. The Hall–Kier alpha value is -6.64. The summed E-state index contributed by atoms with van der Waals surface area (Å²) >= 11 is 0. The first-order valence-corrected chi connectivity index (χ1v) is 17.1. The van der Waals surface area contributed by atoms with Gasteiger partial charge in [0.25, 0.3) is 0 Å². The van der Waals surface area contributed by atoms with Gasteiger partial charge in [0.15, 0.2) is 0 Å². The third-order valence-electron chi connectivity index (χ3n) is 10.5. The van der Waals surface area contributed by atoms with Crippen molar-refractivity contribution in [2.75, 3.05) is 0 Å². The lowest BCUT2D eigenvalue weighted by Gasteiger charge is -2.18. The molecule has 0 saturated heterocycles. The first-order valence-electron chi connectivity index (χ1n) is 17.1. The Morgan fingerprint density at radius 3 is 1.38 bits per heavy atom. The third kappa shape index (κ3) is 3.85. The molecule has 0 amide bonds. The number of rotatable bonds is 3. The van der Waals surface area contributed by atoms with Gasteiger partial charge in [0, 0.05) is 21.5 Å². The third-order valence-corrected chi connectivity index (χ3v) is 10.5. The lowest BCUT2D eigenvalue weighted by Crippen LogP contribution is -1.90. The average molecular weight is 637 g/mol. The zero-order valence-electron chi connectivity index (χ0n) is 27.0. The van der Waals surface area contributed by atoms with Crippen molar-refractivity contribution < 1.29 is 8.83 Å². The van der Waals surface area contributed by atoms with Crippen LogP contribution < -0.4 is 0 Å². The molecule has 0 saturated carbocycles. The van der Waals surface area contributed by atoms with Gasteiger partial charge in [-0.3, -0.25) is 0 Å². The van der Waals surface area contributed by atoms with Crippen molar-refractivity contribution in [1.82, 2.24) is 0 Å². The Bertz CT molecular complexity index is 3070. The van der Waals surface area contributed by atoms with Crippen LogP contribution in [0.4, 0.5) is 0 Å². The van der Waals surface area contributed by atoms with Crippen molar-refractivity contribution in [1.29, 1.82) is 0 Å². The topological polar surface area (TPSA) is 26.3 Å². The number of fused-ring (bicyclic) bond motifs is 12. The van der Waals surface area contributed by atoms with Crippen molar-refractivity contribution >= 4 is 76.2 Å². The summed E-state index contributed by atoms with van der Waals surface area (Å²) in [6.45, 7) is 0. The molecule has 11 rings (SSSR count). The van der Waals surface area contributed by atoms with Gasteiger partial charge in [-0.05, 0) is 78.5 Å². The van der Waals surface area contributed by atoms with Crippen molar-refractivity contribution in [2.24, 2.45) is 0 Å². The number of hydrogen-bond acceptors (Lipinski definition) is 2. The van der Waals surface area contributed by atoms with Crippen LogP contribution in [0.2, 0.25) is 0 Å². The van der Waals surface area contributed by atoms with E-state index >= 15 is 0 Å². The van der Waals surface area contributed by atoms with E-state index in [-0.39, 0.29) is 0 Å². The van der Waals surface area contributed by atoms with Gasteiger partial charge in [0.2, 0.25) is 0 Å². The minimum Gasteiger partial charge on any atom is -0.455 e. The molecule has 50 heavy (non-hydrogen) atoms. The maximum Gasteiger partial charge on any atom is 0.147 e. The van der Waals surface area contributed by atoms with Crippen molar-refractivity contribution in [2.45, 2.75) is 0 Å². The number of benzene rings is 9. The van der Waals surface area contributed by atoms with Crippen LogP contribution in [0.25, 0.3) is 110 Å². The first kappa shape index (κ1) is 27.3. The zero-order chi connectivity index (χ0) is 32.8. The first-order chi connectivity index (χ1) is 24.8. The highest BCUT2D eigenvalue weighted by Gasteiger charge is 2.21. The molecule has 2 nitrogen and oxygen atoms in total. The fraction of sp³-hybridized carbons (Fsp3) is 0. The molecule has 0 radical (unpaired) electrons. The molecule has 2 heterocycles. The van der Waals surface area contributed by atoms with Crippen LogP contribution in [0.1, 0.15) is 0 Å². The summed E-state index contributed by atoms with van der Waals surface area (Å²) in [7, 11) is 0. The van der Waals surface area contributed by atoms with Gasteiger partial charge in [-0.1, -0.05) is 152 Å². The smallest absolute Gasteiger partial charge is 0.147 e. The fourth-order valence-corrected chi connectivity index (χ4v) is 8.26. The molecule has 0 fully saturated rings. The normalized spacial score (nSPS) is 12.0. The van der Waals surface area contributed by atoms with Crippen LogP contribution >= 0.6 is 0 Å². The average Bonchev–Trinajstić information content (AvgIpc) is 3.76. The van der Waals surface area contributed by atoms with E-state index in [0.717, 1.165) is 65.8 Å². The van der Waals surface area contributed by atoms with Crippen LogP contribution in [-0.4, -0.2) is 0 Å². The van der Waals surface area contributed by atoms with Gasteiger partial charge in [-0.15, -0.1) is 0 Å². The Kier molecular flexibility index (Phi) is 5.70. The highest BCUT2D eigenvalue weighted by Crippen LogP contribution is 2.46. The van der Waals surface area contributed by atoms with Crippen LogP contribution in [0.3, 0.4) is 0 Å². The molecule has 0 unspecified atom stereocenters. The molecule has 0 bridgehead atoms. The van der Waals surface area contributed by atoms with Gasteiger partial charge in [-0.2, -0.15) is 0 Å². The Labute approximate surface area is 287 Å². The standard InChI is InChI=1S/C48H28O2/c1-2-12-30(13-3-1)43-33-14-4-6-16-35(33)44(36-17-7-5-15-34(36)43)31-24-22-29(23-25-31)32-26-27-40-42(28-32)50-47-38-19-9-8-18-37(38)45-39-20-10-11-21-41(39)49-48(45)46(40)47/h1-28H. The summed E-state index contributed by atoms with van der Waals surface area (Å²) in [6.07, 6.45) is 0. The number of hydrogen-bond donors (Lipinski definition) is 0. The summed E-state index contributed by atoms with van der Waals surface area (Å²) < 4.78 is 13.3. The zero-order valence-corrected chi connectivity index (χ0v) is 27.0. The molecule has 2 heteroatoms. The molecule has 232 valence electrons. The summed E-state index contributed by atoms with van der Waals surface area (Å²) in [5, 5.41) is 11.6. The second-order valence-electron chi connectivity index (χ2n) is 13.1. The second-order valence-corrected chi connectivity index (χ2v) is 13.1. The lowest BCUT2D eigenvalue weighted by atomic mass is 9.86. The predicted octanol–water partition coefficient (Wildman–Crippen LogP) is 13.9. The number of furan rings is 2. The highest BCUT2D eigenvalue weighted by atomic mass is 16.3. The Balaban J connectivity index is 1.08. The molecule has 0 atom stereocenters. The van der Waals surface area contributed by atoms with E-state index in [9.17, 15) is 0 Å². The molecular weight excluding hydrogens is 609 g/mol.